The fraction of sp³-hybridized carbons (Fsp3) is 0.526. The van der Waals surface area contributed by atoms with Gasteiger partial charge in [0.15, 0.2) is 12.2 Å². The second-order valence-corrected chi connectivity index (χ2v) is 8.12. The summed E-state index contributed by atoms with van der Waals surface area (Å²) >= 11 is 3.46. The molecule has 3 heterocycles. The van der Waals surface area contributed by atoms with Gasteiger partial charge in [-0.1, -0.05) is 35.7 Å². The molecular weight excluding hydrogens is 410 g/mol. The summed E-state index contributed by atoms with van der Waals surface area (Å²) < 4.78 is 1.02. The van der Waals surface area contributed by atoms with E-state index in [4.69, 9.17) is 4.99 Å². The van der Waals surface area contributed by atoms with Crippen molar-refractivity contribution in [3.63, 3.8) is 0 Å². The van der Waals surface area contributed by atoms with Crippen molar-refractivity contribution < 1.29 is 9.59 Å². The highest BCUT2D eigenvalue weighted by Crippen LogP contribution is 2.33. The number of anilines is 1. The van der Waals surface area contributed by atoms with Crippen molar-refractivity contribution in [1.29, 1.82) is 0 Å². The molecule has 2 fully saturated rings. The molecule has 0 spiro atoms. The van der Waals surface area contributed by atoms with E-state index in [0.29, 0.717) is 6.54 Å². The zero-order valence-electron chi connectivity index (χ0n) is 15.6. The number of fused-ring (bicyclic) bond motifs is 3. The van der Waals surface area contributed by atoms with Crippen molar-refractivity contribution in [2.45, 2.75) is 38.4 Å². The third-order valence-electron chi connectivity index (χ3n) is 5.50. The third-order valence-corrected chi connectivity index (χ3v) is 6.03. The summed E-state index contributed by atoms with van der Waals surface area (Å²) in [6, 6.07) is 7.41. The summed E-state index contributed by atoms with van der Waals surface area (Å²) in [6.45, 7) is 4.11. The molecule has 3 aliphatic heterocycles. The Morgan fingerprint density at radius 1 is 1.15 bits per heavy atom. The van der Waals surface area contributed by atoms with E-state index in [1.165, 1.54) is 4.90 Å². The molecule has 3 amide bonds. The topological polar surface area (TPSA) is 59.5 Å². The van der Waals surface area contributed by atoms with Crippen LogP contribution in [0.5, 0.6) is 0 Å². The molecule has 144 valence electrons. The van der Waals surface area contributed by atoms with Crippen molar-refractivity contribution in [2.24, 2.45) is 4.99 Å². The van der Waals surface area contributed by atoms with Crippen molar-refractivity contribution in [1.82, 2.24) is 14.7 Å². The van der Waals surface area contributed by atoms with E-state index >= 15 is 0 Å². The van der Waals surface area contributed by atoms with E-state index in [1.807, 2.05) is 24.3 Å². The van der Waals surface area contributed by atoms with E-state index in [9.17, 15) is 9.59 Å². The monoisotopic (exact) mass is 433 g/mol. The number of benzene rings is 1. The smallest absolute Gasteiger partial charge is 0.325 e. The van der Waals surface area contributed by atoms with Gasteiger partial charge in [-0.25, -0.2) is 9.79 Å². The second kappa shape index (κ2) is 7.14. The number of halogens is 1. The van der Waals surface area contributed by atoms with E-state index in [2.05, 4.69) is 32.7 Å². The Hall–Kier alpha value is -2.09. The standard InChI is InChI=1S/C19H24BrN5O2/c1-3-4-5-10-25-17(26)15-16(22(2)19(25)27)21-18-23(11-12-24(15)18)14-8-6-13(20)7-9-14/h6-9,15-16H,3-5,10-12H2,1-2H3. The van der Waals surface area contributed by atoms with Crippen LogP contribution < -0.4 is 4.90 Å². The molecule has 1 aromatic carbocycles. The van der Waals surface area contributed by atoms with E-state index in [-0.39, 0.29) is 11.9 Å². The SMILES string of the molecule is CCCCCN1C(=O)C2C(N=C3N(c4ccc(Br)cc4)CCN32)N(C)C1=O. The highest BCUT2D eigenvalue weighted by molar-refractivity contribution is 9.10. The predicted octanol–water partition coefficient (Wildman–Crippen LogP) is 2.72. The van der Waals surface area contributed by atoms with Crippen molar-refractivity contribution in [3.05, 3.63) is 28.7 Å². The van der Waals surface area contributed by atoms with Crippen LogP contribution in [0.15, 0.2) is 33.7 Å². The summed E-state index contributed by atoms with van der Waals surface area (Å²) in [4.78, 5) is 37.8. The average Bonchev–Trinajstić information content (AvgIpc) is 3.23. The molecule has 0 N–H and O–H groups in total. The van der Waals surface area contributed by atoms with Crippen LogP contribution in [0.1, 0.15) is 26.2 Å². The first kappa shape index (κ1) is 18.3. The van der Waals surface area contributed by atoms with Gasteiger partial charge in [-0.05, 0) is 30.7 Å². The molecule has 0 aromatic heterocycles. The van der Waals surface area contributed by atoms with E-state index in [0.717, 1.165) is 48.5 Å². The molecule has 4 rings (SSSR count). The van der Waals surface area contributed by atoms with Gasteiger partial charge in [0.05, 0.1) is 0 Å². The molecule has 2 saturated heterocycles. The van der Waals surface area contributed by atoms with E-state index < -0.39 is 12.2 Å². The number of hydrogen-bond donors (Lipinski definition) is 0. The molecule has 3 aliphatic rings. The lowest BCUT2D eigenvalue weighted by Crippen LogP contribution is -2.64. The van der Waals surface area contributed by atoms with Crippen LogP contribution in [0.4, 0.5) is 10.5 Å². The first-order valence-corrected chi connectivity index (χ1v) is 10.3. The molecule has 7 nitrogen and oxygen atoms in total. The molecule has 1 aromatic rings. The van der Waals surface area contributed by atoms with Gasteiger partial charge in [0.25, 0.3) is 5.91 Å². The number of likely N-dealkylation sites (N-methyl/N-ethyl adjacent to an activating group) is 1. The molecule has 2 unspecified atom stereocenters. The quantitative estimate of drug-likeness (QED) is 0.669. The van der Waals surface area contributed by atoms with Gasteiger partial charge in [-0.2, -0.15) is 0 Å². The maximum Gasteiger partial charge on any atom is 0.328 e. The number of unbranched alkanes of at least 4 members (excludes halogenated alkanes) is 2. The first-order valence-electron chi connectivity index (χ1n) is 9.48. The number of guanidine groups is 1. The highest BCUT2D eigenvalue weighted by Gasteiger charge is 2.54. The van der Waals surface area contributed by atoms with Gasteiger partial charge in [0.1, 0.15) is 0 Å². The van der Waals surface area contributed by atoms with Gasteiger partial charge >= 0.3 is 6.03 Å². The maximum atomic E-state index is 13.1. The van der Waals surface area contributed by atoms with Crippen LogP contribution in [-0.2, 0) is 4.79 Å². The van der Waals surface area contributed by atoms with Crippen LogP contribution >= 0.6 is 15.9 Å². The zero-order valence-corrected chi connectivity index (χ0v) is 17.2. The lowest BCUT2D eigenvalue weighted by atomic mass is 10.1. The number of carbonyl (C=O) groups excluding carboxylic acids is 2. The number of imide groups is 1. The Morgan fingerprint density at radius 3 is 2.59 bits per heavy atom. The van der Waals surface area contributed by atoms with Gasteiger partial charge in [-0.15, -0.1) is 0 Å². The van der Waals surface area contributed by atoms with Gasteiger partial charge in [0, 0.05) is 36.8 Å². The van der Waals surface area contributed by atoms with Crippen LogP contribution in [0, 0.1) is 0 Å². The molecule has 8 heteroatoms. The van der Waals surface area contributed by atoms with Gasteiger partial charge < -0.3 is 14.7 Å². The number of rotatable bonds is 5. The van der Waals surface area contributed by atoms with Crippen LogP contribution in [0.2, 0.25) is 0 Å². The molecule has 0 radical (unpaired) electrons. The minimum atomic E-state index is -0.444. The minimum Gasteiger partial charge on any atom is -0.325 e. The summed E-state index contributed by atoms with van der Waals surface area (Å²) in [5, 5.41) is 0. The number of hydrogen-bond acceptors (Lipinski definition) is 5. The molecule has 2 atom stereocenters. The predicted molar refractivity (Wildman–Crippen MR) is 108 cm³/mol. The molecule has 27 heavy (non-hydrogen) atoms. The Morgan fingerprint density at radius 2 is 1.89 bits per heavy atom. The maximum absolute atomic E-state index is 13.1. The largest absolute Gasteiger partial charge is 0.328 e. The highest BCUT2D eigenvalue weighted by atomic mass is 79.9. The summed E-state index contributed by atoms with van der Waals surface area (Å²) in [5.41, 5.74) is 1.04. The van der Waals surface area contributed by atoms with E-state index in [1.54, 1.807) is 11.9 Å². The Balaban J connectivity index is 1.59. The van der Waals surface area contributed by atoms with Gasteiger partial charge in [-0.3, -0.25) is 9.69 Å². The molecule has 0 saturated carbocycles. The summed E-state index contributed by atoms with van der Waals surface area (Å²) in [7, 11) is 1.75. The van der Waals surface area contributed by atoms with Crippen molar-refractivity contribution in [2.75, 3.05) is 31.6 Å². The normalized spacial score (nSPS) is 24.5. The van der Waals surface area contributed by atoms with Crippen LogP contribution in [0.3, 0.4) is 0 Å². The fourth-order valence-electron chi connectivity index (χ4n) is 4.03. The molecule has 0 bridgehead atoms. The number of urea groups is 1. The summed E-state index contributed by atoms with van der Waals surface area (Å²) in [5.74, 6) is 0.673. The van der Waals surface area contributed by atoms with Crippen LogP contribution in [-0.4, -0.2) is 71.5 Å². The number of nitrogens with zero attached hydrogens (tertiary/aromatic N) is 5. The van der Waals surface area contributed by atoms with Crippen LogP contribution in [0.25, 0.3) is 0 Å². The average molecular weight is 434 g/mol. The summed E-state index contributed by atoms with van der Waals surface area (Å²) in [6.07, 6.45) is 2.47. The Labute approximate surface area is 167 Å². The third kappa shape index (κ3) is 2.99. The second-order valence-electron chi connectivity index (χ2n) is 7.20. The number of carbonyl (C=O) groups is 2. The van der Waals surface area contributed by atoms with Crippen molar-refractivity contribution in [3.8, 4) is 0 Å². The minimum absolute atomic E-state index is 0.115. The number of aliphatic imine (C=N–C) groups is 1. The zero-order chi connectivity index (χ0) is 19.1. The lowest BCUT2D eigenvalue weighted by molar-refractivity contribution is -0.137. The van der Waals surface area contributed by atoms with Crippen molar-refractivity contribution >= 4 is 39.5 Å². The fourth-order valence-corrected chi connectivity index (χ4v) is 4.29. The Bertz CT molecular complexity index is 781. The number of amides is 3. The molecule has 0 aliphatic carbocycles. The lowest BCUT2D eigenvalue weighted by Gasteiger charge is -2.40. The van der Waals surface area contributed by atoms with Gasteiger partial charge in [0.2, 0.25) is 5.96 Å². The molecular formula is C19H24BrN5O2. The Kier molecular flexibility index (Phi) is 4.84. The first-order chi connectivity index (χ1) is 13.0.